The first-order valence-electron chi connectivity index (χ1n) is 5.87. The van der Waals surface area contributed by atoms with E-state index in [1.807, 2.05) is 0 Å². The van der Waals surface area contributed by atoms with Crippen molar-refractivity contribution in [3.8, 4) is 5.69 Å². The number of halogens is 1. The van der Waals surface area contributed by atoms with Gasteiger partial charge in [-0.2, -0.15) is 8.75 Å². The Bertz CT molecular complexity index is 884. The van der Waals surface area contributed by atoms with E-state index >= 15 is 0 Å². The van der Waals surface area contributed by atoms with Crippen LogP contribution in [-0.2, 0) is 0 Å². The summed E-state index contributed by atoms with van der Waals surface area (Å²) in [7, 11) is 0. The number of Topliss-reactive ketones (excluding diaryl/α,β-unsaturated/α-hetero) is 1. The zero-order chi connectivity index (χ0) is 15.1. The largest absolute Gasteiger partial charge is 0.477 e. The minimum atomic E-state index is -1.15. The van der Waals surface area contributed by atoms with E-state index in [2.05, 4.69) is 8.75 Å². The fraction of sp³-hybridized carbons (Fsp3) is 0.0769. The van der Waals surface area contributed by atoms with Crippen molar-refractivity contribution in [3.63, 3.8) is 0 Å². The lowest BCUT2D eigenvalue weighted by Crippen LogP contribution is -2.06. The van der Waals surface area contributed by atoms with Crippen LogP contribution in [0, 0.1) is 0 Å². The first-order valence-corrected chi connectivity index (χ1v) is 6.97. The Morgan fingerprint density at radius 2 is 2.10 bits per heavy atom. The van der Waals surface area contributed by atoms with Gasteiger partial charge in [-0.05, 0) is 25.1 Å². The topological polar surface area (TPSA) is 85.1 Å². The van der Waals surface area contributed by atoms with Crippen LogP contribution in [-0.4, -0.2) is 30.2 Å². The molecule has 0 fully saturated rings. The number of ketones is 1. The summed E-state index contributed by atoms with van der Waals surface area (Å²) in [4.78, 5) is 22.9. The lowest BCUT2D eigenvalue weighted by atomic mass is 10.2. The molecular weight excluding hydrogens is 314 g/mol. The second-order valence-electron chi connectivity index (χ2n) is 4.37. The van der Waals surface area contributed by atoms with Crippen molar-refractivity contribution in [2.45, 2.75) is 6.92 Å². The third-order valence-electron chi connectivity index (χ3n) is 3.04. The van der Waals surface area contributed by atoms with Gasteiger partial charge >= 0.3 is 5.97 Å². The third-order valence-corrected chi connectivity index (χ3v) is 3.89. The number of carbonyl (C=O) groups excluding carboxylic acids is 1. The van der Waals surface area contributed by atoms with Gasteiger partial charge in [0.2, 0.25) is 0 Å². The molecule has 0 bridgehead atoms. The summed E-state index contributed by atoms with van der Waals surface area (Å²) < 4.78 is 9.63. The van der Waals surface area contributed by atoms with Crippen LogP contribution in [0.15, 0.2) is 24.4 Å². The Kier molecular flexibility index (Phi) is 3.23. The fourth-order valence-corrected chi connectivity index (χ4v) is 2.83. The van der Waals surface area contributed by atoms with Crippen LogP contribution < -0.4 is 0 Å². The predicted molar refractivity (Wildman–Crippen MR) is 78.7 cm³/mol. The molecule has 1 aromatic carbocycles. The van der Waals surface area contributed by atoms with Crippen LogP contribution in [0.5, 0.6) is 0 Å². The summed E-state index contributed by atoms with van der Waals surface area (Å²) >= 11 is 7.21. The van der Waals surface area contributed by atoms with E-state index in [9.17, 15) is 14.7 Å². The van der Waals surface area contributed by atoms with Gasteiger partial charge in [-0.15, -0.1) is 0 Å². The monoisotopic (exact) mass is 321 g/mol. The standard InChI is InChI=1S/C13H8ClN3O3S/c1-6(18)7-4-10(13(19)20)17(5-7)12-8(14)2-3-9-11(12)16-21-15-9/h2-5H,1H3,(H,19,20). The Hall–Kier alpha value is -2.25. The van der Waals surface area contributed by atoms with Gasteiger partial charge in [0.05, 0.1) is 22.4 Å². The minimum absolute atomic E-state index is 0.0531. The molecule has 0 aliphatic heterocycles. The number of carboxylic acids is 1. The van der Waals surface area contributed by atoms with Crippen LogP contribution >= 0.6 is 23.3 Å². The van der Waals surface area contributed by atoms with E-state index < -0.39 is 5.97 Å². The quantitative estimate of drug-likeness (QED) is 0.749. The van der Waals surface area contributed by atoms with Gasteiger partial charge in [0.15, 0.2) is 5.78 Å². The zero-order valence-corrected chi connectivity index (χ0v) is 12.3. The molecule has 106 valence electrons. The number of benzene rings is 1. The maximum Gasteiger partial charge on any atom is 0.352 e. The van der Waals surface area contributed by atoms with Crippen LogP contribution in [0.4, 0.5) is 0 Å². The summed E-state index contributed by atoms with van der Waals surface area (Å²) in [5, 5.41) is 9.66. The highest BCUT2D eigenvalue weighted by Gasteiger charge is 2.20. The van der Waals surface area contributed by atoms with Gasteiger partial charge in [0.25, 0.3) is 0 Å². The lowest BCUT2D eigenvalue weighted by Gasteiger charge is -2.08. The van der Waals surface area contributed by atoms with E-state index in [-0.39, 0.29) is 11.5 Å². The summed E-state index contributed by atoms with van der Waals surface area (Å²) in [5.41, 5.74) is 1.77. The second-order valence-corrected chi connectivity index (χ2v) is 5.31. The Morgan fingerprint density at radius 1 is 1.33 bits per heavy atom. The SMILES string of the molecule is CC(=O)c1cc(C(=O)O)n(-c2c(Cl)ccc3nsnc23)c1. The molecule has 21 heavy (non-hydrogen) atoms. The van der Waals surface area contributed by atoms with Gasteiger partial charge in [0.1, 0.15) is 16.7 Å². The van der Waals surface area contributed by atoms with E-state index in [1.54, 1.807) is 12.1 Å². The molecule has 3 rings (SSSR count). The average Bonchev–Trinajstić information content (AvgIpc) is 3.04. The molecule has 0 unspecified atom stereocenters. The van der Waals surface area contributed by atoms with Gasteiger partial charge in [-0.25, -0.2) is 4.79 Å². The summed E-state index contributed by atoms with van der Waals surface area (Å²) in [6, 6.07) is 4.65. The summed E-state index contributed by atoms with van der Waals surface area (Å²) in [6.07, 6.45) is 1.45. The first-order chi connectivity index (χ1) is 9.99. The summed E-state index contributed by atoms with van der Waals surface area (Å²) in [6.45, 7) is 1.37. The molecule has 3 aromatic rings. The Balaban J connectivity index is 2.37. The highest BCUT2D eigenvalue weighted by atomic mass is 35.5. The minimum Gasteiger partial charge on any atom is -0.477 e. The molecule has 6 nitrogen and oxygen atoms in total. The molecule has 0 aliphatic rings. The molecule has 0 atom stereocenters. The Morgan fingerprint density at radius 3 is 2.76 bits per heavy atom. The maximum absolute atomic E-state index is 11.5. The van der Waals surface area contributed by atoms with Crippen molar-refractivity contribution in [1.29, 1.82) is 0 Å². The molecule has 0 saturated heterocycles. The van der Waals surface area contributed by atoms with E-state index in [0.717, 1.165) is 11.7 Å². The van der Waals surface area contributed by atoms with Crippen molar-refractivity contribution >= 4 is 46.1 Å². The lowest BCUT2D eigenvalue weighted by molar-refractivity contribution is 0.0688. The van der Waals surface area contributed by atoms with Crippen molar-refractivity contribution in [3.05, 3.63) is 40.7 Å². The van der Waals surface area contributed by atoms with Gasteiger partial charge < -0.3 is 9.67 Å². The van der Waals surface area contributed by atoms with Crippen LogP contribution in [0.3, 0.4) is 0 Å². The number of hydrogen-bond donors (Lipinski definition) is 1. The van der Waals surface area contributed by atoms with E-state index in [0.29, 0.717) is 27.3 Å². The molecule has 2 aromatic heterocycles. The third kappa shape index (κ3) is 2.20. The van der Waals surface area contributed by atoms with Gasteiger partial charge in [-0.1, -0.05) is 11.6 Å². The second kappa shape index (κ2) is 4.94. The molecule has 8 heteroatoms. The highest BCUT2D eigenvalue weighted by molar-refractivity contribution is 7.00. The molecule has 2 heterocycles. The highest BCUT2D eigenvalue weighted by Crippen LogP contribution is 2.30. The average molecular weight is 322 g/mol. The molecular formula is C13H8ClN3O3S. The van der Waals surface area contributed by atoms with Gasteiger partial charge in [-0.3, -0.25) is 4.79 Å². The normalized spacial score (nSPS) is 11.0. The molecule has 0 radical (unpaired) electrons. The smallest absolute Gasteiger partial charge is 0.352 e. The summed E-state index contributed by atoms with van der Waals surface area (Å²) in [5.74, 6) is -1.38. The van der Waals surface area contributed by atoms with Crippen molar-refractivity contribution < 1.29 is 14.7 Å². The molecule has 0 amide bonds. The number of carbonyl (C=O) groups is 2. The first kappa shape index (κ1) is 13.7. The van der Waals surface area contributed by atoms with Crippen molar-refractivity contribution in [1.82, 2.24) is 13.3 Å². The zero-order valence-electron chi connectivity index (χ0n) is 10.7. The molecule has 0 aliphatic carbocycles. The number of rotatable bonds is 3. The van der Waals surface area contributed by atoms with Crippen LogP contribution in [0.1, 0.15) is 27.8 Å². The number of carboxylic acid groups (broad SMARTS) is 1. The molecule has 0 saturated carbocycles. The Labute approximate surface area is 127 Å². The fourth-order valence-electron chi connectivity index (χ4n) is 2.05. The number of hydrogen-bond acceptors (Lipinski definition) is 5. The predicted octanol–water partition coefficient (Wildman–Crippen LogP) is 3.04. The van der Waals surface area contributed by atoms with Crippen molar-refractivity contribution in [2.75, 3.05) is 0 Å². The van der Waals surface area contributed by atoms with Gasteiger partial charge in [0, 0.05) is 11.8 Å². The number of aromatic carboxylic acids is 1. The van der Waals surface area contributed by atoms with Crippen LogP contribution in [0.25, 0.3) is 16.7 Å². The van der Waals surface area contributed by atoms with E-state index in [1.165, 1.54) is 23.8 Å². The molecule has 1 N–H and O–H groups in total. The number of nitrogens with zero attached hydrogens (tertiary/aromatic N) is 3. The van der Waals surface area contributed by atoms with Crippen molar-refractivity contribution in [2.24, 2.45) is 0 Å². The molecule has 0 spiro atoms. The number of fused-ring (bicyclic) bond motifs is 1. The van der Waals surface area contributed by atoms with E-state index in [4.69, 9.17) is 11.6 Å². The maximum atomic E-state index is 11.5. The van der Waals surface area contributed by atoms with Crippen LogP contribution in [0.2, 0.25) is 5.02 Å². The number of aromatic nitrogens is 3.